The lowest BCUT2D eigenvalue weighted by Crippen LogP contribution is -2.39. The van der Waals surface area contributed by atoms with Crippen molar-refractivity contribution in [3.05, 3.63) is 76.0 Å². The van der Waals surface area contributed by atoms with E-state index in [9.17, 15) is 9.59 Å². The first-order valence-corrected chi connectivity index (χ1v) is 11.7. The number of carbonyl (C=O) groups excluding carboxylic acids is 1. The molecule has 0 aliphatic carbocycles. The van der Waals surface area contributed by atoms with Crippen LogP contribution in [-0.4, -0.2) is 52.5 Å². The highest BCUT2D eigenvalue weighted by Crippen LogP contribution is 2.29. The van der Waals surface area contributed by atoms with E-state index in [1.54, 1.807) is 23.5 Å². The van der Waals surface area contributed by atoms with Crippen LogP contribution < -0.4 is 15.2 Å². The third kappa shape index (κ3) is 5.00. The summed E-state index contributed by atoms with van der Waals surface area (Å²) in [4.78, 5) is 27.8. The monoisotopic (exact) mass is 464 g/mol. The number of hydrogen-bond donors (Lipinski definition) is 0. The number of benzene rings is 2. The van der Waals surface area contributed by atoms with Crippen molar-refractivity contribution in [2.75, 3.05) is 27.3 Å². The summed E-state index contributed by atoms with van der Waals surface area (Å²) in [5, 5.41) is 4.71. The summed E-state index contributed by atoms with van der Waals surface area (Å²) in [5.41, 5.74) is 1.87. The van der Waals surface area contributed by atoms with E-state index >= 15 is 0 Å². The second-order valence-corrected chi connectivity index (χ2v) is 8.55. The van der Waals surface area contributed by atoms with Crippen molar-refractivity contribution in [2.45, 2.75) is 45.2 Å². The average molecular weight is 465 g/mol. The molecule has 2 heterocycles. The lowest BCUT2D eigenvalue weighted by atomic mass is 9.95. The number of nitrogens with zero attached hydrogens (tertiary/aromatic N) is 4. The molecule has 1 aliphatic rings. The van der Waals surface area contributed by atoms with Crippen molar-refractivity contribution in [1.29, 1.82) is 0 Å². The first-order chi connectivity index (χ1) is 16.5. The molecule has 0 atom stereocenters. The Bertz CT molecular complexity index is 1180. The minimum atomic E-state index is -0.0756. The molecule has 0 bridgehead atoms. The summed E-state index contributed by atoms with van der Waals surface area (Å²) in [6.07, 6.45) is 1.90. The van der Waals surface area contributed by atoms with Crippen LogP contribution in [0.2, 0.25) is 0 Å². The summed E-state index contributed by atoms with van der Waals surface area (Å²) in [6, 6.07) is 15.5. The van der Waals surface area contributed by atoms with Crippen LogP contribution in [0, 0.1) is 0 Å². The molecular formula is C26H32N4O4. The van der Waals surface area contributed by atoms with Crippen molar-refractivity contribution < 1.29 is 14.3 Å². The number of ether oxygens (including phenoxy) is 2. The molecule has 1 aliphatic heterocycles. The third-order valence-electron chi connectivity index (χ3n) is 6.46. The Hall–Kier alpha value is -3.55. The zero-order valence-corrected chi connectivity index (χ0v) is 20.1. The van der Waals surface area contributed by atoms with Gasteiger partial charge in [0.25, 0.3) is 0 Å². The second kappa shape index (κ2) is 10.6. The van der Waals surface area contributed by atoms with E-state index in [4.69, 9.17) is 14.6 Å². The fourth-order valence-electron chi connectivity index (χ4n) is 4.58. The maximum atomic E-state index is 12.9. The highest BCUT2D eigenvalue weighted by molar-refractivity contribution is 5.79. The van der Waals surface area contributed by atoms with Gasteiger partial charge in [0.05, 0.1) is 27.2 Å². The minimum Gasteiger partial charge on any atom is -0.493 e. The number of rotatable bonds is 8. The van der Waals surface area contributed by atoms with Crippen LogP contribution in [0.4, 0.5) is 0 Å². The Labute approximate surface area is 199 Å². The SMILES string of the molecule is CCn1c(C2CCN(C(=O)Cc3ccc(OC)c(OC)c3)CC2)nn(Cc2ccccc2)c1=O. The van der Waals surface area contributed by atoms with E-state index in [1.807, 2.05) is 60.4 Å². The van der Waals surface area contributed by atoms with Gasteiger partial charge in [0.1, 0.15) is 5.82 Å². The molecule has 0 radical (unpaired) electrons. The van der Waals surface area contributed by atoms with Crippen molar-refractivity contribution in [3.63, 3.8) is 0 Å². The van der Waals surface area contributed by atoms with Crippen LogP contribution in [0.15, 0.2) is 53.3 Å². The first-order valence-electron chi connectivity index (χ1n) is 11.7. The molecule has 3 aromatic rings. The van der Waals surface area contributed by atoms with Crippen LogP contribution >= 0.6 is 0 Å². The van der Waals surface area contributed by atoms with Gasteiger partial charge in [-0.05, 0) is 43.0 Å². The highest BCUT2D eigenvalue weighted by atomic mass is 16.5. The lowest BCUT2D eigenvalue weighted by Gasteiger charge is -2.31. The summed E-state index contributed by atoms with van der Waals surface area (Å²) < 4.78 is 14.0. The molecular weight excluding hydrogens is 432 g/mol. The molecule has 8 nitrogen and oxygen atoms in total. The second-order valence-electron chi connectivity index (χ2n) is 8.55. The van der Waals surface area contributed by atoms with Gasteiger partial charge in [0.15, 0.2) is 11.5 Å². The number of hydrogen-bond acceptors (Lipinski definition) is 5. The molecule has 2 aromatic carbocycles. The third-order valence-corrected chi connectivity index (χ3v) is 6.46. The Morgan fingerprint density at radius 1 is 1.00 bits per heavy atom. The van der Waals surface area contributed by atoms with Crippen molar-refractivity contribution in [2.24, 2.45) is 0 Å². The van der Waals surface area contributed by atoms with Crippen LogP contribution in [0.1, 0.15) is 42.6 Å². The maximum Gasteiger partial charge on any atom is 0.346 e. The Morgan fingerprint density at radius 3 is 2.35 bits per heavy atom. The molecule has 180 valence electrons. The smallest absolute Gasteiger partial charge is 0.346 e. The van der Waals surface area contributed by atoms with Crippen LogP contribution in [-0.2, 0) is 24.3 Å². The fourth-order valence-corrected chi connectivity index (χ4v) is 4.58. The van der Waals surface area contributed by atoms with E-state index in [-0.39, 0.29) is 17.5 Å². The summed E-state index contributed by atoms with van der Waals surface area (Å²) >= 11 is 0. The molecule has 1 saturated heterocycles. The van der Waals surface area contributed by atoms with E-state index in [0.717, 1.165) is 29.8 Å². The average Bonchev–Trinajstić information content (AvgIpc) is 3.19. The van der Waals surface area contributed by atoms with Gasteiger partial charge in [-0.3, -0.25) is 9.36 Å². The number of carbonyl (C=O) groups is 1. The summed E-state index contributed by atoms with van der Waals surface area (Å²) in [7, 11) is 3.18. The zero-order valence-electron chi connectivity index (χ0n) is 20.1. The number of aromatic nitrogens is 3. The number of methoxy groups -OCH3 is 2. The van der Waals surface area contributed by atoms with Gasteiger partial charge in [-0.2, -0.15) is 5.10 Å². The van der Waals surface area contributed by atoms with Gasteiger partial charge in [-0.25, -0.2) is 9.48 Å². The van der Waals surface area contributed by atoms with Crippen molar-refractivity contribution >= 4 is 5.91 Å². The number of amides is 1. The van der Waals surface area contributed by atoms with Crippen LogP contribution in [0.3, 0.4) is 0 Å². The largest absolute Gasteiger partial charge is 0.493 e. The zero-order chi connectivity index (χ0) is 24.1. The Balaban J connectivity index is 1.41. The van der Waals surface area contributed by atoms with E-state index in [2.05, 4.69) is 0 Å². The molecule has 0 saturated carbocycles. The minimum absolute atomic E-state index is 0.0756. The normalized spacial score (nSPS) is 14.3. The van der Waals surface area contributed by atoms with Gasteiger partial charge in [0, 0.05) is 25.6 Å². The summed E-state index contributed by atoms with van der Waals surface area (Å²) in [6.45, 7) is 4.32. The molecule has 1 fully saturated rings. The van der Waals surface area contributed by atoms with E-state index in [0.29, 0.717) is 44.1 Å². The van der Waals surface area contributed by atoms with Crippen molar-refractivity contribution in [3.8, 4) is 11.5 Å². The standard InChI is InChI=1S/C26H32N4O4/c1-4-29-25(27-30(26(29)32)18-19-8-6-5-7-9-19)21-12-14-28(15-13-21)24(31)17-20-10-11-22(33-2)23(16-20)34-3/h5-11,16,21H,4,12-15,17-18H2,1-3H3. The molecule has 1 aromatic heterocycles. The number of piperidine rings is 1. The first kappa shape index (κ1) is 23.6. The Kier molecular flexibility index (Phi) is 7.35. The predicted molar refractivity (Wildman–Crippen MR) is 130 cm³/mol. The van der Waals surface area contributed by atoms with Gasteiger partial charge < -0.3 is 14.4 Å². The molecule has 8 heteroatoms. The lowest BCUT2D eigenvalue weighted by molar-refractivity contribution is -0.131. The fraction of sp³-hybridized carbons (Fsp3) is 0.423. The topological polar surface area (TPSA) is 78.6 Å². The van der Waals surface area contributed by atoms with Gasteiger partial charge in [-0.15, -0.1) is 0 Å². The highest BCUT2D eigenvalue weighted by Gasteiger charge is 2.28. The molecule has 34 heavy (non-hydrogen) atoms. The molecule has 0 spiro atoms. The van der Waals surface area contributed by atoms with E-state index in [1.165, 1.54) is 0 Å². The van der Waals surface area contributed by atoms with Gasteiger partial charge in [0.2, 0.25) is 5.91 Å². The maximum absolute atomic E-state index is 12.9. The Morgan fingerprint density at radius 2 is 1.71 bits per heavy atom. The summed E-state index contributed by atoms with van der Waals surface area (Å²) in [5.74, 6) is 2.35. The van der Waals surface area contributed by atoms with Crippen LogP contribution in [0.5, 0.6) is 11.5 Å². The molecule has 0 N–H and O–H groups in total. The molecule has 4 rings (SSSR count). The predicted octanol–water partition coefficient (Wildman–Crippen LogP) is 3.08. The van der Waals surface area contributed by atoms with Crippen molar-refractivity contribution in [1.82, 2.24) is 19.2 Å². The van der Waals surface area contributed by atoms with E-state index < -0.39 is 0 Å². The molecule has 1 amide bonds. The van der Waals surface area contributed by atoms with Gasteiger partial charge >= 0.3 is 5.69 Å². The molecule has 0 unspecified atom stereocenters. The van der Waals surface area contributed by atoms with Gasteiger partial charge in [-0.1, -0.05) is 36.4 Å². The van der Waals surface area contributed by atoms with Crippen LogP contribution in [0.25, 0.3) is 0 Å². The quantitative estimate of drug-likeness (QED) is 0.512. The number of likely N-dealkylation sites (tertiary alicyclic amines) is 1.